The molecule has 2 heterocycles. The molecule has 0 aliphatic carbocycles. The van der Waals surface area contributed by atoms with Crippen molar-refractivity contribution < 1.29 is 24.2 Å². The van der Waals surface area contributed by atoms with Gasteiger partial charge in [-0.1, -0.05) is 0 Å². The number of nitrogens with one attached hydrogen (secondary N) is 1. The van der Waals surface area contributed by atoms with Gasteiger partial charge in [0.05, 0.1) is 0 Å². The summed E-state index contributed by atoms with van der Waals surface area (Å²) in [5, 5.41) is 11.6. The molecular weight excluding hydrogens is 296 g/mol. The molecule has 0 spiro atoms. The lowest BCUT2D eigenvalue weighted by Gasteiger charge is -2.43. The second-order valence-corrected chi connectivity index (χ2v) is 7.45. The van der Waals surface area contributed by atoms with Gasteiger partial charge in [0.25, 0.3) is 0 Å². The number of carbonyl (C=O) groups is 3. The highest BCUT2D eigenvalue weighted by molar-refractivity contribution is 8.01. The van der Waals surface area contributed by atoms with Crippen molar-refractivity contribution in [3.63, 3.8) is 0 Å². The van der Waals surface area contributed by atoms with Crippen LogP contribution < -0.4 is 5.32 Å². The standard InChI is InChI=1S/C13H20N2O5S/c1-5-20-6(2)9(16)14-7-10(17)15-8(12(18)19)13(3,4)21-11(7)15/h6-8,11H,5H2,1-4H3,(H,14,16)(H,18,19)/t6-,7-,8-,11-/m1/s1. The van der Waals surface area contributed by atoms with Crippen molar-refractivity contribution in [3.05, 3.63) is 0 Å². The Hall–Kier alpha value is -1.28. The molecule has 2 fully saturated rings. The Kier molecular flexibility index (Phi) is 4.21. The van der Waals surface area contributed by atoms with Crippen LogP contribution in [-0.2, 0) is 19.1 Å². The minimum absolute atomic E-state index is 0.327. The Morgan fingerprint density at radius 2 is 2.14 bits per heavy atom. The smallest absolute Gasteiger partial charge is 0.327 e. The van der Waals surface area contributed by atoms with E-state index in [1.807, 2.05) is 0 Å². The largest absolute Gasteiger partial charge is 0.480 e. The maximum atomic E-state index is 12.2. The molecular formula is C13H20N2O5S. The van der Waals surface area contributed by atoms with Crippen molar-refractivity contribution in [2.24, 2.45) is 0 Å². The first-order valence-corrected chi connectivity index (χ1v) is 7.73. The first kappa shape index (κ1) is 16.1. The van der Waals surface area contributed by atoms with Crippen LogP contribution in [0.15, 0.2) is 0 Å². The van der Waals surface area contributed by atoms with Gasteiger partial charge in [0.1, 0.15) is 23.6 Å². The maximum absolute atomic E-state index is 12.2. The Balaban J connectivity index is 2.06. The highest BCUT2D eigenvalue weighted by Gasteiger charge is 2.64. The van der Waals surface area contributed by atoms with Crippen LogP contribution >= 0.6 is 11.8 Å². The predicted molar refractivity (Wildman–Crippen MR) is 76.7 cm³/mol. The van der Waals surface area contributed by atoms with E-state index >= 15 is 0 Å². The normalized spacial score (nSPS) is 31.3. The summed E-state index contributed by atoms with van der Waals surface area (Å²) in [6, 6.07) is -1.54. The highest BCUT2D eigenvalue weighted by Crippen LogP contribution is 2.50. The number of hydrogen-bond donors (Lipinski definition) is 2. The van der Waals surface area contributed by atoms with Crippen molar-refractivity contribution in [1.29, 1.82) is 0 Å². The molecule has 4 atom stereocenters. The molecule has 2 rings (SSSR count). The molecule has 118 valence electrons. The summed E-state index contributed by atoms with van der Waals surface area (Å²) in [6.07, 6.45) is -0.633. The van der Waals surface area contributed by atoms with Gasteiger partial charge in [-0.25, -0.2) is 4.79 Å². The molecule has 8 heteroatoms. The monoisotopic (exact) mass is 316 g/mol. The van der Waals surface area contributed by atoms with E-state index in [0.29, 0.717) is 6.61 Å². The minimum atomic E-state index is -1.02. The van der Waals surface area contributed by atoms with E-state index in [9.17, 15) is 19.5 Å². The second kappa shape index (κ2) is 5.49. The van der Waals surface area contributed by atoms with Crippen LogP contribution in [0.4, 0.5) is 0 Å². The quantitative estimate of drug-likeness (QED) is 0.696. The molecule has 0 aromatic carbocycles. The van der Waals surface area contributed by atoms with Crippen LogP contribution in [0.1, 0.15) is 27.7 Å². The van der Waals surface area contributed by atoms with Crippen molar-refractivity contribution in [3.8, 4) is 0 Å². The summed E-state index contributed by atoms with van der Waals surface area (Å²) >= 11 is 1.40. The van der Waals surface area contributed by atoms with Crippen LogP contribution in [0.3, 0.4) is 0 Å². The van der Waals surface area contributed by atoms with Gasteiger partial charge in [-0.3, -0.25) is 9.59 Å². The van der Waals surface area contributed by atoms with Crippen molar-refractivity contribution in [2.45, 2.75) is 56.0 Å². The lowest BCUT2D eigenvalue weighted by molar-refractivity contribution is -0.161. The van der Waals surface area contributed by atoms with Crippen LogP contribution in [0, 0.1) is 0 Å². The Morgan fingerprint density at radius 3 is 2.67 bits per heavy atom. The number of rotatable bonds is 5. The number of thioether (sulfide) groups is 1. The molecule has 21 heavy (non-hydrogen) atoms. The minimum Gasteiger partial charge on any atom is -0.480 e. The fourth-order valence-electron chi connectivity index (χ4n) is 2.74. The molecule has 2 saturated heterocycles. The van der Waals surface area contributed by atoms with Gasteiger partial charge >= 0.3 is 5.97 Å². The van der Waals surface area contributed by atoms with Crippen LogP contribution in [0.25, 0.3) is 0 Å². The lowest BCUT2D eigenvalue weighted by atomic mass is 9.96. The van der Waals surface area contributed by atoms with Gasteiger partial charge in [0.2, 0.25) is 11.8 Å². The number of carbonyl (C=O) groups excluding carboxylic acids is 2. The van der Waals surface area contributed by atoms with Gasteiger partial charge in [-0.05, 0) is 27.7 Å². The van der Waals surface area contributed by atoms with Crippen molar-refractivity contribution >= 4 is 29.5 Å². The SMILES string of the molecule is CCO[C@H](C)C(=O)N[C@@H]1C(=O)N2[C@@H]1SC(C)(C)[C@H]2C(=O)O. The molecule has 2 aliphatic rings. The van der Waals surface area contributed by atoms with Gasteiger partial charge < -0.3 is 20.1 Å². The van der Waals surface area contributed by atoms with E-state index in [4.69, 9.17) is 4.74 Å². The third-order valence-corrected chi connectivity index (χ3v) is 5.33. The van der Waals surface area contributed by atoms with Gasteiger partial charge in [-0.2, -0.15) is 0 Å². The zero-order valence-corrected chi connectivity index (χ0v) is 13.3. The molecule has 7 nitrogen and oxygen atoms in total. The molecule has 0 saturated carbocycles. The fourth-order valence-corrected chi connectivity index (χ4v) is 4.37. The summed E-state index contributed by atoms with van der Waals surface area (Å²) < 4.78 is 4.60. The Labute approximate surface area is 127 Å². The number of aliphatic carboxylic acids is 1. The summed E-state index contributed by atoms with van der Waals surface area (Å²) in [7, 11) is 0. The first-order chi connectivity index (χ1) is 9.70. The van der Waals surface area contributed by atoms with E-state index in [1.54, 1.807) is 27.7 Å². The molecule has 0 aromatic rings. The van der Waals surface area contributed by atoms with Gasteiger partial charge in [0, 0.05) is 11.4 Å². The van der Waals surface area contributed by atoms with E-state index in [2.05, 4.69) is 5.32 Å². The number of ether oxygens (including phenoxy) is 1. The zero-order chi connectivity index (χ0) is 15.9. The first-order valence-electron chi connectivity index (χ1n) is 6.85. The molecule has 0 radical (unpaired) electrons. The summed E-state index contributed by atoms with van der Waals surface area (Å²) in [6.45, 7) is 7.40. The van der Waals surface area contributed by atoms with Crippen LogP contribution in [-0.4, -0.2) is 62.7 Å². The van der Waals surface area contributed by atoms with E-state index < -0.39 is 28.9 Å². The topological polar surface area (TPSA) is 95.9 Å². The Bertz CT molecular complexity index is 481. The summed E-state index contributed by atoms with van der Waals surface area (Å²) in [4.78, 5) is 36.8. The predicted octanol–water partition coefficient (Wildman–Crippen LogP) is 0.0431. The van der Waals surface area contributed by atoms with Crippen molar-refractivity contribution in [2.75, 3.05) is 6.61 Å². The van der Waals surface area contributed by atoms with E-state index in [0.717, 1.165) is 0 Å². The number of fused-ring (bicyclic) bond motifs is 1. The van der Waals surface area contributed by atoms with Crippen LogP contribution in [0.5, 0.6) is 0 Å². The summed E-state index contributed by atoms with van der Waals surface area (Å²) in [5.41, 5.74) is 0. The molecule has 0 unspecified atom stereocenters. The lowest BCUT2D eigenvalue weighted by Crippen LogP contribution is -2.71. The van der Waals surface area contributed by atoms with Gasteiger partial charge in [0.15, 0.2) is 0 Å². The van der Waals surface area contributed by atoms with Crippen LogP contribution in [0.2, 0.25) is 0 Å². The average Bonchev–Trinajstić information content (AvgIpc) is 2.64. The number of hydrogen-bond acceptors (Lipinski definition) is 5. The molecule has 0 bridgehead atoms. The number of β-lactam (4-membered cyclic amide) rings is 1. The van der Waals surface area contributed by atoms with Gasteiger partial charge in [-0.15, -0.1) is 11.8 Å². The third-order valence-electron chi connectivity index (χ3n) is 3.76. The summed E-state index contributed by atoms with van der Waals surface area (Å²) in [5.74, 6) is -1.72. The van der Waals surface area contributed by atoms with E-state index in [1.165, 1.54) is 16.7 Å². The average molecular weight is 316 g/mol. The molecule has 2 aliphatic heterocycles. The molecule has 2 amide bonds. The highest BCUT2D eigenvalue weighted by atomic mass is 32.2. The van der Waals surface area contributed by atoms with E-state index in [-0.39, 0.29) is 17.2 Å². The molecule has 0 aromatic heterocycles. The Morgan fingerprint density at radius 1 is 1.52 bits per heavy atom. The number of amides is 2. The number of carboxylic acids is 1. The maximum Gasteiger partial charge on any atom is 0.327 e. The van der Waals surface area contributed by atoms with Crippen molar-refractivity contribution in [1.82, 2.24) is 10.2 Å². The fraction of sp³-hybridized carbons (Fsp3) is 0.769. The number of carboxylic acid groups (broad SMARTS) is 1. The molecule has 2 N–H and O–H groups in total. The third kappa shape index (κ3) is 2.62. The number of nitrogens with zero attached hydrogens (tertiary/aromatic N) is 1. The second-order valence-electron chi connectivity index (χ2n) is 5.68. The zero-order valence-electron chi connectivity index (χ0n) is 12.5.